The summed E-state index contributed by atoms with van der Waals surface area (Å²) >= 11 is 7.17. The summed E-state index contributed by atoms with van der Waals surface area (Å²) in [4.78, 5) is 30.4. The van der Waals surface area contributed by atoms with E-state index in [1.807, 2.05) is 49.4 Å². The highest BCUT2D eigenvalue weighted by Gasteiger charge is 2.37. The lowest BCUT2D eigenvalue weighted by atomic mass is 9.94. The number of aliphatic carboxylic acids is 1. The highest BCUT2D eigenvalue weighted by molar-refractivity contribution is 6.36. The van der Waals surface area contributed by atoms with Crippen molar-refractivity contribution >= 4 is 28.7 Å². The number of oxazole rings is 1. The van der Waals surface area contributed by atoms with E-state index in [1.54, 1.807) is 13.3 Å². The minimum atomic E-state index is -0.760. The van der Waals surface area contributed by atoms with Gasteiger partial charge in [0, 0.05) is 43.3 Å². The number of ether oxygens (including phenoxy) is 1. The molecule has 2 N–H and O–H groups in total. The van der Waals surface area contributed by atoms with Crippen molar-refractivity contribution in [2.24, 2.45) is 5.92 Å². The van der Waals surface area contributed by atoms with E-state index in [9.17, 15) is 20.3 Å². The summed E-state index contributed by atoms with van der Waals surface area (Å²) in [5.41, 5.74) is 9.04. The van der Waals surface area contributed by atoms with Crippen molar-refractivity contribution in [3.63, 3.8) is 0 Å². The number of rotatable bonds is 8. The van der Waals surface area contributed by atoms with E-state index < -0.39 is 5.97 Å². The highest BCUT2D eigenvalue weighted by Crippen LogP contribution is 2.45. The Morgan fingerprint density at radius 3 is 2.59 bits per heavy atom. The molecule has 2 fully saturated rings. The number of carboxylic acids is 1. The van der Waals surface area contributed by atoms with Crippen LogP contribution < -0.4 is 4.74 Å². The Balaban J connectivity index is 1.12. The number of fused-ring (bicyclic) bond motifs is 2. The number of carboxylic acid groups (broad SMARTS) is 1. The summed E-state index contributed by atoms with van der Waals surface area (Å²) in [6.07, 6.45) is 4.36. The molecule has 0 amide bonds. The number of nitrogens with zero attached hydrogens (tertiary/aromatic N) is 6. The fourth-order valence-corrected chi connectivity index (χ4v) is 8.40. The largest absolute Gasteiger partial charge is 0.481 e. The number of halogens is 1. The molecule has 4 heterocycles. The molecule has 11 nitrogen and oxygen atoms in total. The van der Waals surface area contributed by atoms with Crippen LogP contribution in [0.5, 0.6) is 5.88 Å². The van der Waals surface area contributed by atoms with Crippen LogP contribution in [0.1, 0.15) is 53.3 Å². The molecule has 5 aromatic rings. The molecule has 3 atom stereocenters. The van der Waals surface area contributed by atoms with Gasteiger partial charge in [0.15, 0.2) is 5.58 Å². The quantitative estimate of drug-likeness (QED) is 0.184. The zero-order valence-electron chi connectivity index (χ0n) is 28.4. The molecule has 0 radical (unpaired) electrons. The van der Waals surface area contributed by atoms with Gasteiger partial charge in [-0.1, -0.05) is 41.9 Å². The van der Waals surface area contributed by atoms with Gasteiger partial charge in [0.2, 0.25) is 11.8 Å². The fourth-order valence-electron chi connectivity index (χ4n) is 8.09. The molecule has 1 aliphatic carbocycles. The Morgan fingerprint density at radius 2 is 1.86 bits per heavy atom. The summed E-state index contributed by atoms with van der Waals surface area (Å²) in [7, 11) is 1.59. The van der Waals surface area contributed by atoms with Crippen LogP contribution in [0.4, 0.5) is 0 Å². The first-order chi connectivity index (χ1) is 24.7. The molecular weight excluding hydrogens is 668 g/mol. The smallest absolute Gasteiger partial charge is 0.307 e. The fraction of sp³-hybridized carbons (Fsp3) is 0.359. The van der Waals surface area contributed by atoms with E-state index in [0.717, 1.165) is 64.9 Å². The predicted molar refractivity (Wildman–Crippen MR) is 191 cm³/mol. The van der Waals surface area contributed by atoms with Crippen LogP contribution in [0, 0.1) is 24.2 Å². The lowest BCUT2D eigenvalue weighted by Gasteiger charge is -2.24. The van der Waals surface area contributed by atoms with Gasteiger partial charge >= 0.3 is 5.97 Å². The number of β-amino-alcohol motifs (C(OH)–C–C–N with tert-alkyl or cyclic N) is 1. The van der Waals surface area contributed by atoms with Crippen LogP contribution in [0.2, 0.25) is 5.02 Å². The molecule has 2 aromatic heterocycles. The Hall–Kier alpha value is -4.86. The molecule has 8 rings (SSSR count). The molecule has 0 saturated carbocycles. The monoisotopic (exact) mass is 704 g/mol. The standard InChI is InChI=1S/C39H37ClN6O5/c1-21-24(5-3-6-25(21)32-17-42-33(38(44-32)50-2)20-45-13-12-23(47)19-45)27-7-4-8-28(35(27)40)37-43-31-15-29-26(30(16-41)36(31)51-37)9-10-34(29)46-14-11-22(18-46)39(48)49/h3-8,15,17,22-23,34,47H,9-14,18-20H2,1-2H3,(H,48,49)/t22-,23-,34-/m1/s1. The minimum Gasteiger partial charge on any atom is -0.481 e. The topological polar surface area (TPSA) is 149 Å². The van der Waals surface area contributed by atoms with Crippen LogP contribution in [0.3, 0.4) is 0 Å². The van der Waals surface area contributed by atoms with Crippen molar-refractivity contribution in [3.8, 4) is 45.8 Å². The maximum absolute atomic E-state index is 11.6. The molecule has 0 unspecified atom stereocenters. The van der Waals surface area contributed by atoms with Gasteiger partial charge in [-0.05, 0) is 73.5 Å². The van der Waals surface area contributed by atoms with Crippen molar-refractivity contribution in [1.82, 2.24) is 24.8 Å². The number of hydrogen-bond donors (Lipinski definition) is 2. The lowest BCUT2D eigenvalue weighted by Crippen LogP contribution is -2.26. The second kappa shape index (κ2) is 13.4. The number of aliphatic hydroxyl groups is 1. The zero-order chi connectivity index (χ0) is 35.4. The summed E-state index contributed by atoms with van der Waals surface area (Å²) in [5, 5.41) is 30.2. The van der Waals surface area contributed by atoms with E-state index in [-0.39, 0.29) is 18.1 Å². The van der Waals surface area contributed by atoms with Gasteiger partial charge in [-0.2, -0.15) is 5.26 Å². The van der Waals surface area contributed by atoms with Crippen molar-refractivity contribution in [3.05, 3.63) is 81.6 Å². The first-order valence-electron chi connectivity index (χ1n) is 17.3. The normalized spacial score (nSPS) is 20.6. The van der Waals surface area contributed by atoms with Gasteiger partial charge < -0.3 is 19.4 Å². The Bertz CT molecular complexity index is 2230. The van der Waals surface area contributed by atoms with Gasteiger partial charge in [-0.25, -0.2) is 9.97 Å². The molecule has 2 aliphatic heterocycles. The summed E-state index contributed by atoms with van der Waals surface area (Å²) < 4.78 is 12.0. The van der Waals surface area contributed by atoms with Crippen molar-refractivity contribution in [2.75, 3.05) is 33.3 Å². The summed E-state index contributed by atoms with van der Waals surface area (Å²) in [5.74, 6) is -0.354. The number of hydrogen-bond acceptors (Lipinski definition) is 10. The van der Waals surface area contributed by atoms with Crippen LogP contribution >= 0.6 is 11.6 Å². The van der Waals surface area contributed by atoms with Crippen molar-refractivity contribution in [2.45, 2.75) is 51.3 Å². The zero-order valence-corrected chi connectivity index (χ0v) is 29.2. The summed E-state index contributed by atoms with van der Waals surface area (Å²) in [6.45, 7) is 5.20. The molecule has 51 heavy (non-hydrogen) atoms. The molecule has 12 heteroatoms. The van der Waals surface area contributed by atoms with Crippen LogP contribution in [0.15, 0.2) is 53.1 Å². The van der Waals surface area contributed by atoms with Crippen LogP contribution in [0.25, 0.3) is 44.9 Å². The van der Waals surface area contributed by atoms with Crippen LogP contribution in [-0.2, 0) is 17.8 Å². The van der Waals surface area contributed by atoms with Gasteiger partial charge in [-0.3, -0.25) is 19.6 Å². The van der Waals surface area contributed by atoms with E-state index >= 15 is 0 Å². The van der Waals surface area contributed by atoms with E-state index in [1.165, 1.54) is 0 Å². The van der Waals surface area contributed by atoms with E-state index in [0.29, 0.717) is 77.3 Å². The van der Waals surface area contributed by atoms with Gasteiger partial charge in [-0.15, -0.1) is 0 Å². The third-order valence-electron chi connectivity index (χ3n) is 10.7. The first-order valence-corrected chi connectivity index (χ1v) is 17.6. The lowest BCUT2D eigenvalue weighted by molar-refractivity contribution is -0.141. The number of aliphatic hydroxyl groups excluding tert-OH is 1. The number of likely N-dealkylation sites (tertiary alicyclic amines) is 2. The molecule has 0 bridgehead atoms. The highest BCUT2D eigenvalue weighted by atomic mass is 35.5. The molecule has 2 saturated heterocycles. The number of benzene rings is 3. The Kier molecular flexibility index (Phi) is 8.72. The van der Waals surface area contributed by atoms with E-state index in [4.69, 9.17) is 35.7 Å². The third kappa shape index (κ3) is 5.92. The van der Waals surface area contributed by atoms with Crippen molar-refractivity contribution < 1.29 is 24.2 Å². The number of methoxy groups -OCH3 is 1. The second-order valence-electron chi connectivity index (χ2n) is 13.7. The maximum atomic E-state index is 11.6. The molecule has 260 valence electrons. The molecular formula is C39H37ClN6O5. The number of nitriles is 1. The third-order valence-corrected chi connectivity index (χ3v) is 11.1. The second-order valence-corrected chi connectivity index (χ2v) is 14.1. The molecule has 3 aliphatic rings. The average molecular weight is 705 g/mol. The van der Waals surface area contributed by atoms with E-state index in [2.05, 4.69) is 15.9 Å². The van der Waals surface area contributed by atoms with Gasteiger partial charge in [0.05, 0.1) is 41.6 Å². The van der Waals surface area contributed by atoms with Gasteiger partial charge in [0.1, 0.15) is 22.8 Å². The van der Waals surface area contributed by atoms with Crippen molar-refractivity contribution in [1.29, 1.82) is 5.26 Å². The first kappa shape index (κ1) is 33.3. The maximum Gasteiger partial charge on any atom is 0.307 e. The summed E-state index contributed by atoms with van der Waals surface area (Å²) in [6, 6.07) is 16.1. The average Bonchev–Trinajstić information content (AvgIpc) is 3.94. The number of aromatic nitrogens is 3. The minimum absolute atomic E-state index is 0.0446. The SMILES string of the molecule is COc1nc(-c2cccc(-c3cccc(-c4nc5cc6c(c(C#N)c5o4)CC[C@H]6N4CC[C@@H](C(=O)O)C4)c3Cl)c2C)cnc1CN1CC[C@@H](O)C1. The number of carbonyl (C=O) groups is 1. The van der Waals surface area contributed by atoms with Gasteiger partial charge in [0.25, 0.3) is 0 Å². The van der Waals surface area contributed by atoms with Crippen LogP contribution in [-0.4, -0.2) is 80.3 Å². The Labute approximate surface area is 300 Å². The predicted octanol–water partition coefficient (Wildman–Crippen LogP) is 6.42. The molecule has 0 spiro atoms. The Morgan fingerprint density at radius 1 is 1.08 bits per heavy atom. The molecule has 3 aromatic carbocycles.